The van der Waals surface area contributed by atoms with Crippen LogP contribution in [0.5, 0.6) is 0 Å². The van der Waals surface area contributed by atoms with Crippen LogP contribution in [-0.2, 0) is 34.9 Å². The van der Waals surface area contributed by atoms with Crippen LogP contribution in [0.3, 0.4) is 0 Å². The first-order valence-electron chi connectivity index (χ1n) is 11.2. The molecule has 2 aliphatic heterocycles. The lowest BCUT2D eigenvalue weighted by Crippen LogP contribution is -2.42. The average Bonchev–Trinajstić information content (AvgIpc) is 2.87. The largest absolute Gasteiger partial charge is 0.508 e. The van der Waals surface area contributed by atoms with Gasteiger partial charge in [0.1, 0.15) is 13.2 Å². The van der Waals surface area contributed by atoms with E-state index in [0.717, 1.165) is 23.0 Å². The van der Waals surface area contributed by atoms with Gasteiger partial charge in [0.25, 0.3) is 0 Å². The molecule has 174 valence electrons. The highest BCUT2D eigenvalue weighted by molar-refractivity contribution is 6.61. The van der Waals surface area contributed by atoms with Gasteiger partial charge in [0, 0.05) is 18.6 Å². The third kappa shape index (κ3) is 7.17. The molecule has 0 N–H and O–H groups in total. The van der Waals surface area contributed by atoms with E-state index in [1.54, 1.807) is 0 Å². The number of rotatable bonds is 7. The monoisotopic (exact) mass is 452 g/mol. The molecule has 4 rings (SSSR count). The molecule has 2 aromatic rings. The maximum atomic E-state index is 12.1. The molecule has 7 nitrogen and oxygen atoms in total. The highest BCUT2D eigenvalue weighted by Gasteiger charge is 2.33. The first-order chi connectivity index (χ1) is 16.1. The van der Waals surface area contributed by atoms with Gasteiger partial charge in [0.2, 0.25) is 0 Å². The van der Waals surface area contributed by atoms with E-state index in [-0.39, 0.29) is 20.3 Å². The minimum atomic E-state index is -0.717. The van der Waals surface area contributed by atoms with Crippen molar-refractivity contribution in [1.82, 2.24) is 0 Å². The van der Waals surface area contributed by atoms with E-state index in [1.807, 2.05) is 73.7 Å². The lowest BCUT2D eigenvalue weighted by molar-refractivity contribution is -0.210. The summed E-state index contributed by atoms with van der Waals surface area (Å²) >= 11 is 0. The first kappa shape index (κ1) is 23.5. The lowest BCUT2D eigenvalue weighted by atomic mass is 9.78. The van der Waals surface area contributed by atoms with Crippen molar-refractivity contribution in [2.45, 2.75) is 26.2 Å². The second-order valence-corrected chi connectivity index (χ2v) is 8.57. The highest BCUT2D eigenvalue weighted by Crippen LogP contribution is 2.25. The minimum Gasteiger partial charge on any atom is -0.434 e. The van der Waals surface area contributed by atoms with Crippen LogP contribution >= 0.6 is 0 Å². The van der Waals surface area contributed by atoms with Crippen LogP contribution in [0.2, 0.25) is 0 Å². The van der Waals surface area contributed by atoms with Crippen LogP contribution in [0.4, 0.5) is 4.79 Å². The standard InChI is InChI=1S/C25H29BO7/c1-25(17-29-23(30-18-25)13-10-20-6-3-2-4-7-20)19-31-24(27)28-16-21-8-11-22(12-9-21)26-32-14-5-15-33-26/h2-4,6-13,23H,5,14-19H2,1H3. The smallest absolute Gasteiger partial charge is 0.434 e. The van der Waals surface area contributed by atoms with E-state index >= 15 is 0 Å². The van der Waals surface area contributed by atoms with E-state index in [2.05, 4.69) is 0 Å². The molecule has 0 bridgehead atoms. The fourth-order valence-electron chi connectivity index (χ4n) is 3.47. The molecule has 0 saturated carbocycles. The van der Waals surface area contributed by atoms with Crippen LogP contribution in [0.25, 0.3) is 6.08 Å². The summed E-state index contributed by atoms with van der Waals surface area (Å²) in [4.78, 5) is 12.1. The quantitative estimate of drug-likeness (QED) is 0.470. The summed E-state index contributed by atoms with van der Waals surface area (Å²) in [6, 6.07) is 17.6. The van der Waals surface area contributed by atoms with E-state index in [1.165, 1.54) is 0 Å². The zero-order valence-electron chi connectivity index (χ0n) is 18.8. The Hall–Kier alpha value is -2.65. The molecule has 0 aliphatic carbocycles. The molecular weight excluding hydrogens is 423 g/mol. The normalized spacial score (nSPS) is 23.4. The second-order valence-electron chi connectivity index (χ2n) is 8.57. The van der Waals surface area contributed by atoms with Gasteiger partial charge in [-0.3, -0.25) is 0 Å². The fraction of sp³-hybridized carbons (Fsp3) is 0.400. The molecule has 0 atom stereocenters. The summed E-state index contributed by atoms with van der Waals surface area (Å²) in [7, 11) is -0.326. The summed E-state index contributed by atoms with van der Waals surface area (Å²) in [5, 5.41) is 0. The van der Waals surface area contributed by atoms with Crippen molar-refractivity contribution in [2.24, 2.45) is 5.41 Å². The van der Waals surface area contributed by atoms with E-state index < -0.39 is 17.9 Å². The summed E-state index contributed by atoms with van der Waals surface area (Å²) in [5.41, 5.74) is 2.45. The van der Waals surface area contributed by atoms with Gasteiger partial charge in [0.15, 0.2) is 6.29 Å². The number of carbonyl (C=O) groups excluding carboxylic acids is 1. The number of benzene rings is 2. The lowest BCUT2D eigenvalue weighted by Gasteiger charge is -2.35. The number of hydrogen-bond acceptors (Lipinski definition) is 7. The number of ether oxygens (including phenoxy) is 4. The highest BCUT2D eigenvalue weighted by atomic mass is 16.7. The van der Waals surface area contributed by atoms with Crippen molar-refractivity contribution < 1.29 is 33.1 Å². The molecule has 2 heterocycles. The Kier molecular flexibility index (Phi) is 8.17. The maximum Gasteiger partial charge on any atom is 0.508 e. The van der Waals surface area contributed by atoms with Gasteiger partial charge in [-0.05, 0) is 29.1 Å². The van der Waals surface area contributed by atoms with E-state index in [9.17, 15) is 4.79 Å². The van der Waals surface area contributed by atoms with Crippen molar-refractivity contribution >= 4 is 24.8 Å². The SMILES string of the molecule is CC1(COC(=O)OCc2ccc(B3OCCCO3)cc2)COC(C=Cc2ccccc2)OC1. The molecule has 0 unspecified atom stereocenters. The first-order valence-corrected chi connectivity index (χ1v) is 11.2. The molecule has 2 aromatic carbocycles. The molecule has 0 amide bonds. The maximum absolute atomic E-state index is 12.1. The van der Waals surface area contributed by atoms with Crippen molar-refractivity contribution in [1.29, 1.82) is 0 Å². The zero-order valence-corrected chi connectivity index (χ0v) is 18.8. The average molecular weight is 452 g/mol. The summed E-state index contributed by atoms with van der Waals surface area (Å²) in [6.45, 7) is 4.44. The Morgan fingerprint density at radius 2 is 1.73 bits per heavy atom. The van der Waals surface area contributed by atoms with Gasteiger partial charge in [0.05, 0.1) is 13.2 Å². The van der Waals surface area contributed by atoms with Crippen LogP contribution in [0.15, 0.2) is 60.7 Å². The van der Waals surface area contributed by atoms with Gasteiger partial charge >= 0.3 is 13.3 Å². The zero-order chi connectivity index (χ0) is 22.9. The van der Waals surface area contributed by atoms with Gasteiger partial charge < -0.3 is 28.3 Å². The predicted molar refractivity (Wildman–Crippen MR) is 124 cm³/mol. The predicted octanol–water partition coefficient (Wildman–Crippen LogP) is 3.56. The Morgan fingerprint density at radius 3 is 2.42 bits per heavy atom. The molecular formula is C25H29BO7. The van der Waals surface area contributed by atoms with Crippen molar-refractivity contribution in [2.75, 3.05) is 33.0 Å². The summed E-state index contributed by atoms with van der Waals surface area (Å²) in [5.74, 6) is 0. The third-order valence-corrected chi connectivity index (χ3v) is 5.41. The Bertz CT molecular complexity index is 902. The van der Waals surface area contributed by atoms with E-state index in [4.69, 9.17) is 28.3 Å². The molecule has 8 heteroatoms. The Labute approximate surface area is 194 Å². The van der Waals surface area contributed by atoms with Crippen LogP contribution in [0, 0.1) is 5.41 Å². The molecule has 2 fully saturated rings. The second kappa shape index (κ2) is 11.5. The number of carbonyl (C=O) groups is 1. The summed E-state index contributed by atoms with van der Waals surface area (Å²) in [6.07, 6.45) is 3.61. The number of hydrogen-bond donors (Lipinski definition) is 0. The third-order valence-electron chi connectivity index (χ3n) is 5.41. The molecule has 33 heavy (non-hydrogen) atoms. The van der Waals surface area contributed by atoms with Gasteiger partial charge in [-0.2, -0.15) is 0 Å². The summed E-state index contributed by atoms with van der Waals surface area (Å²) < 4.78 is 33.3. The fourth-order valence-corrected chi connectivity index (χ4v) is 3.47. The Morgan fingerprint density at radius 1 is 1.03 bits per heavy atom. The van der Waals surface area contributed by atoms with Crippen LogP contribution < -0.4 is 5.46 Å². The van der Waals surface area contributed by atoms with Crippen molar-refractivity contribution in [3.63, 3.8) is 0 Å². The van der Waals surface area contributed by atoms with Gasteiger partial charge in [-0.1, -0.05) is 67.6 Å². The van der Waals surface area contributed by atoms with E-state index in [0.29, 0.717) is 26.4 Å². The van der Waals surface area contributed by atoms with Crippen molar-refractivity contribution in [3.8, 4) is 0 Å². The molecule has 2 saturated heterocycles. The van der Waals surface area contributed by atoms with Crippen molar-refractivity contribution in [3.05, 3.63) is 71.8 Å². The van der Waals surface area contributed by atoms with Gasteiger partial charge in [-0.25, -0.2) is 4.79 Å². The molecule has 0 radical (unpaired) electrons. The van der Waals surface area contributed by atoms with Crippen LogP contribution in [0.1, 0.15) is 24.5 Å². The Balaban J connectivity index is 1.16. The molecule has 0 aromatic heterocycles. The van der Waals surface area contributed by atoms with Crippen LogP contribution in [-0.4, -0.2) is 52.6 Å². The molecule has 2 aliphatic rings. The molecule has 0 spiro atoms. The topological polar surface area (TPSA) is 72.5 Å². The minimum absolute atomic E-state index is 0.127. The van der Waals surface area contributed by atoms with Gasteiger partial charge in [-0.15, -0.1) is 0 Å².